The third-order valence-corrected chi connectivity index (χ3v) is 5.81. The van der Waals surface area contributed by atoms with E-state index in [1.807, 2.05) is 0 Å². The van der Waals surface area contributed by atoms with Gasteiger partial charge in [0.15, 0.2) is 0 Å². The van der Waals surface area contributed by atoms with E-state index in [2.05, 4.69) is 10.2 Å². The summed E-state index contributed by atoms with van der Waals surface area (Å²) in [7, 11) is 0. The van der Waals surface area contributed by atoms with Crippen molar-refractivity contribution in [3.8, 4) is 22.6 Å². The van der Waals surface area contributed by atoms with Crippen molar-refractivity contribution in [1.29, 1.82) is 0 Å². The quantitative estimate of drug-likeness (QED) is 0.411. The van der Waals surface area contributed by atoms with Gasteiger partial charge in [-0.25, -0.2) is 8.78 Å². The minimum atomic E-state index is -4.73. The van der Waals surface area contributed by atoms with Crippen LogP contribution in [0.3, 0.4) is 0 Å². The fourth-order valence-corrected chi connectivity index (χ4v) is 3.87. The van der Waals surface area contributed by atoms with Gasteiger partial charge in [0.25, 0.3) is 5.91 Å². The molecule has 3 aromatic carbocycles. The Morgan fingerprint density at radius 2 is 1.73 bits per heavy atom. The molecule has 1 saturated heterocycles. The van der Waals surface area contributed by atoms with Crippen molar-refractivity contribution in [3.05, 3.63) is 77.4 Å². The lowest BCUT2D eigenvalue weighted by molar-refractivity contribution is -0.137. The van der Waals surface area contributed by atoms with Crippen LogP contribution >= 0.6 is 0 Å². The number of hydrogen-bond acceptors (Lipinski definition) is 5. The van der Waals surface area contributed by atoms with Gasteiger partial charge in [-0.15, -0.1) is 0 Å². The normalized spacial score (nSPS) is 14.4. The second-order valence-corrected chi connectivity index (χ2v) is 8.32. The smallest absolute Gasteiger partial charge is 0.416 e. The Kier molecular flexibility index (Phi) is 7.94. The Bertz CT molecular complexity index is 1280. The maximum Gasteiger partial charge on any atom is 0.416 e. The second kappa shape index (κ2) is 11.1. The number of morpholine rings is 1. The summed E-state index contributed by atoms with van der Waals surface area (Å²) >= 11 is 0. The Labute approximate surface area is 209 Å². The number of carbonyl (C=O) groups excluding carboxylic acids is 1. The molecule has 37 heavy (non-hydrogen) atoms. The van der Waals surface area contributed by atoms with E-state index >= 15 is 0 Å². The van der Waals surface area contributed by atoms with Crippen LogP contribution < -0.4 is 10.1 Å². The Morgan fingerprint density at radius 3 is 2.41 bits per heavy atom. The van der Waals surface area contributed by atoms with Crippen molar-refractivity contribution in [1.82, 2.24) is 4.90 Å². The molecule has 0 unspecified atom stereocenters. The molecule has 1 heterocycles. The monoisotopic (exact) mass is 522 g/mol. The molecule has 1 aliphatic heterocycles. The molecule has 1 aliphatic rings. The van der Waals surface area contributed by atoms with E-state index < -0.39 is 35.0 Å². The molecule has 0 radical (unpaired) electrons. The Balaban J connectivity index is 1.53. The van der Waals surface area contributed by atoms with Gasteiger partial charge in [-0.05, 0) is 36.4 Å². The molecule has 0 aliphatic carbocycles. The summed E-state index contributed by atoms with van der Waals surface area (Å²) in [5.74, 6) is -2.97. The SMILES string of the molecule is O=C(Nc1cc(C(F)(F)F)ccc1-c1ccc(F)cc1F)c1ccc(OCCN2CCOCC2)cc1O. The maximum atomic E-state index is 14.4. The van der Waals surface area contributed by atoms with E-state index in [0.717, 1.165) is 37.4 Å². The molecular formula is C26H23F5N2O4. The first kappa shape index (κ1) is 26.4. The van der Waals surface area contributed by atoms with Gasteiger partial charge in [0.05, 0.1) is 24.3 Å². The van der Waals surface area contributed by atoms with Gasteiger partial charge in [0, 0.05) is 48.6 Å². The first-order chi connectivity index (χ1) is 17.6. The minimum Gasteiger partial charge on any atom is -0.507 e. The molecule has 3 aromatic rings. The highest BCUT2D eigenvalue weighted by atomic mass is 19.4. The van der Waals surface area contributed by atoms with Crippen LogP contribution in [0.1, 0.15) is 15.9 Å². The van der Waals surface area contributed by atoms with Crippen LogP contribution in [-0.2, 0) is 10.9 Å². The first-order valence-electron chi connectivity index (χ1n) is 11.4. The van der Waals surface area contributed by atoms with Crippen LogP contribution in [0, 0.1) is 11.6 Å². The number of alkyl halides is 3. The van der Waals surface area contributed by atoms with Crippen molar-refractivity contribution >= 4 is 11.6 Å². The molecule has 0 atom stereocenters. The molecule has 0 saturated carbocycles. The number of phenolic OH excluding ortho intramolecular Hbond substituents is 1. The predicted octanol–water partition coefficient (Wildman–Crippen LogP) is 5.32. The van der Waals surface area contributed by atoms with Crippen molar-refractivity contribution in [3.63, 3.8) is 0 Å². The average molecular weight is 522 g/mol. The number of nitrogens with zero attached hydrogens (tertiary/aromatic N) is 1. The molecule has 1 fully saturated rings. The van der Waals surface area contributed by atoms with Crippen molar-refractivity contribution in [2.45, 2.75) is 6.18 Å². The number of nitrogens with one attached hydrogen (secondary N) is 1. The van der Waals surface area contributed by atoms with Gasteiger partial charge in [0.1, 0.15) is 29.7 Å². The van der Waals surface area contributed by atoms with Gasteiger partial charge in [0.2, 0.25) is 0 Å². The number of benzene rings is 3. The molecule has 196 valence electrons. The molecule has 4 rings (SSSR count). The van der Waals surface area contributed by atoms with Gasteiger partial charge in [-0.1, -0.05) is 6.07 Å². The molecular weight excluding hydrogens is 499 g/mol. The highest BCUT2D eigenvalue weighted by Crippen LogP contribution is 2.37. The summed E-state index contributed by atoms with van der Waals surface area (Å²) in [6.45, 7) is 3.84. The fraction of sp³-hybridized carbons (Fsp3) is 0.269. The first-order valence-corrected chi connectivity index (χ1v) is 11.4. The zero-order valence-corrected chi connectivity index (χ0v) is 19.4. The van der Waals surface area contributed by atoms with E-state index in [-0.39, 0.29) is 22.4 Å². The van der Waals surface area contributed by atoms with Gasteiger partial charge >= 0.3 is 6.18 Å². The lowest BCUT2D eigenvalue weighted by atomic mass is 10.00. The zero-order valence-electron chi connectivity index (χ0n) is 19.4. The summed E-state index contributed by atoms with van der Waals surface area (Å²) in [4.78, 5) is 15.0. The molecule has 2 N–H and O–H groups in total. The van der Waals surface area contributed by atoms with Crippen LogP contribution in [-0.4, -0.2) is 55.4 Å². The summed E-state index contributed by atoms with van der Waals surface area (Å²) in [5, 5.41) is 12.7. The van der Waals surface area contributed by atoms with E-state index in [9.17, 15) is 31.9 Å². The number of rotatable bonds is 7. The highest BCUT2D eigenvalue weighted by Gasteiger charge is 2.31. The van der Waals surface area contributed by atoms with Gasteiger partial charge in [-0.3, -0.25) is 9.69 Å². The highest BCUT2D eigenvalue weighted by molar-refractivity contribution is 6.08. The largest absolute Gasteiger partial charge is 0.507 e. The number of amides is 1. The lowest BCUT2D eigenvalue weighted by Gasteiger charge is -2.26. The molecule has 0 bridgehead atoms. The second-order valence-electron chi connectivity index (χ2n) is 8.32. The minimum absolute atomic E-state index is 0.0959. The van der Waals surface area contributed by atoms with Crippen molar-refractivity contribution in [2.24, 2.45) is 0 Å². The van der Waals surface area contributed by atoms with Crippen LogP contribution in [0.2, 0.25) is 0 Å². The maximum absolute atomic E-state index is 14.4. The molecule has 1 amide bonds. The van der Waals surface area contributed by atoms with Crippen molar-refractivity contribution < 1.29 is 41.3 Å². The number of aromatic hydroxyl groups is 1. The predicted molar refractivity (Wildman–Crippen MR) is 126 cm³/mol. The topological polar surface area (TPSA) is 71.0 Å². The molecule has 0 spiro atoms. The van der Waals surface area contributed by atoms with Crippen LogP contribution in [0.15, 0.2) is 54.6 Å². The van der Waals surface area contributed by atoms with Gasteiger partial charge in [-0.2, -0.15) is 13.2 Å². The number of carbonyl (C=O) groups is 1. The van der Waals surface area contributed by atoms with Crippen LogP contribution in [0.5, 0.6) is 11.5 Å². The number of phenols is 1. The standard InChI is InChI=1S/C26H23F5N2O4/c27-17-2-5-19(22(28)14-17)20-4-1-16(26(29,30)31)13-23(20)32-25(35)21-6-3-18(15-24(21)34)37-12-9-33-7-10-36-11-8-33/h1-6,13-15,34H,7-12H2,(H,32,35). The lowest BCUT2D eigenvalue weighted by Crippen LogP contribution is -2.38. The van der Waals surface area contributed by atoms with E-state index in [1.165, 1.54) is 18.2 Å². The fourth-order valence-electron chi connectivity index (χ4n) is 3.87. The summed E-state index contributed by atoms with van der Waals surface area (Å²) in [6.07, 6.45) is -4.73. The third-order valence-electron chi connectivity index (χ3n) is 5.81. The average Bonchev–Trinajstić information content (AvgIpc) is 2.84. The van der Waals surface area contributed by atoms with Gasteiger partial charge < -0.3 is 19.9 Å². The van der Waals surface area contributed by atoms with E-state index in [0.29, 0.717) is 44.2 Å². The van der Waals surface area contributed by atoms with E-state index in [1.54, 1.807) is 0 Å². The number of hydrogen-bond donors (Lipinski definition) is 2. The zero-order chi connectivity index (χ0) is 26.6. The summed E-state index contributed by atoms with van der Waals surface area (Å²) in [6, 6.07) is 8.89. The summed E-state index contributed by atoms with van der Waals surface area (Å²) in [5.41, 5.74) is -1.98. The number of ether oxygens (including phenoxy) is 2. The molecule has 6 nitrogen and oxygen atoms in total. The summed E-state index contributed by atoms with van der Waals surface area (Å²) < 4.78 is 78.6. The third kappa shape index (κ3) is 6.55. The van der Waals surface area contributed by atoms with Crippen molar-refractivity contribution in [2.75, 3.05) is 44.8 Å². The van der Waals surface area contributed by atoms with Crippen LogP contribution in [0.25, 0.3) is 11.1 Å². The molecule has 11 heteroatoms. The van der Waals surface area contributed by atoms with Crippen LogP contribution in [0.4, 0.5) is 27.6 Å². The van der Waals surface area contributed by atoms with E-state index in [4.69, 9.17) is 9.47 Å². The Hall–Kier alpha value is -3.70. The number of halogens is 5. The molecule has 0 aromatic heterocycles. The number of anilines is 1. The Morgan fingerprint density at radius 1 is 1.00 bits per heavy atom.